The Balaban J connectivity index is 4.38. The van der Waals surface area contributed by atoms with Crippen molar-refractivity contribution in [3.05, 3.63) is 122 Å². The van der Waals surface area contributed by atoms with E-state index in [1.165, 1.54) is 70.6 Å². The van der Waals surface area contributed by atoms with Gasteiger partial charge in [0.05, 0.1) is 6.61 Å². The smallest absolute Gasteiger partial charge is 0.306 e. The maximum absolute atomic E-state index is 12.8. The topological polar surface area (TPSA) is 61.8 Å². The minimum absolute atomic E-state index is 0.0550. The van der Waals surface area contributed by atoms with E-state index in [1.807, 2.05) is 0 Å². The Morgan fingerprint density at radius 1 is 0.338 bits per heavy atom. The molecule has 5 nitrogen and oxygen atoms in total. The van der Waals surface area contributed by atoms with Crippen molar-refractivity contribution in [3.8, 4) is 0 Å². The first-order valence-electron chi connectivity index (χ1n) is 28.1. The molecule has 5 heteroatoms. The SMILES string of the molecule is CC/C=C\C/C=C\C/C=C\C/C=C\CCCCCCCCCOCC(COC(=O)CCCCCC/C=C\C/C=C\C/C=C\C/C=C\CC)OC(=O)CCCCCCC/C=C\C/C=C\CCCCC. The van der Waals surface area contributed by atoms with Crippen LogP contribution in [0, 0.1) is 0 Å². The van der Waals surface area contributed by atoms with Crippen LogP contribution >= 0.6 is 0 Å². The third-order valence-corrected chi connectivity index (χ3v) is 11.5. The van der Waals surface area contributed by atoms with Crippen LogP contribution in [-0.2, 0) is 23.8 Å². The number of ether oxygens (including phenoxy) is 3. The second-order valence-corrected chi connectivity index (χ2v) is 18.1. The maximum Gasteiger partial charge on any atom is 0.306 e. The molecule has 0 saturated carbocycles. The fourth-order valence-electron chi connectivity index (χ4n) is 7.34. The van der Waals surface area contributed by atoms with Crippen LogP contribution < -0.4 is 0 Å². The molecule has 0 radical (unpaired) electrons. The van der Waals surface area contributed by atoms with Crippen LogP contribution in [0.2, 0.25) is 0 Å². The molecule has 0 spiro atoms. The zero-order valence-corrected chi connectivity index (χ0v) is 44.3. The minimum atomic E-state index is -0.569. The Morgan fingerprint density at radius 3 is 1.06 bits per heavy atom. The molecule has 0 aromatic heterocycles. The van der Waals surface area contributed by atoms with Gasteiger partial charge in [-0.2, -0.15) is 0 Å². The monoisotopic (exact) mass is 941 g/mol. The van der Waals surface area contributed by atoms with Gasteiger partial charge in [-0.1, -0.05) is 219 Å². The lowest BCUT2D eigenvalue weighted by Gasteiger charge is -2.18. The molecule has 1 unspecified atom stereocenters. The Kier molecular flexibility index (Phi) is 54.5. The Morgan fingerprint density at radius 2 is 0.662 bits per heavy atom. The van der Waals surface area contributed by atoms with Crippen molar-refractivity contribution in [2.45, 2.75) is 245 Å². The number of unbranched alkanes of at least 4 members (excludes halogenated alkanes) is 19. The molecule has 1 atom stereocenters. The predicted molar refractivity (Wildman–Crippen MR) is 297 cm³/mol. The predicted octanol–water partition coefficient (Wildman–Crippen LogP) is 19.3. The number of hydrogen-bond acceptors (Lipinski definition) is 5. The van der Waals surface area contributed by atoms with E-state index in [0.29, 0.717) is 19.4 Å². The molecule has 0 saturated heterocycles. The largest absolute Gasteiger partial charge is 0.462 e. The molecule has 0 fully saturated rings. The van der Waals surface area contributed by atoms with Gasteiger partial charge >= 0.3 is 11.9 Å². The van der Waals surface area contributed by atoms with Gasteiger partial charge in [-0.05, 0) is 128 Å². The summed E-state index contributed by atoms with van der Waals surface area (Å²) in [6.45, 7) is 7.51. The maximum atomic E-state index is 12.8. The highest BCUT2D eigenvalue weighted by molar-refractivity contribution is 5.70. The quantitative estimate of drug-likeness (QED) is 0.0345. The highest BCUT2D eigenvalue weighted by Crippen LogP contribution is 2.13. The fourth-order valence-corrected chi connectivity index (χ4v) is 7.34. The van der Waals surface area contributed by atoms with Crippen LogP contribution in [0.5, 0.6) is 0 Å². The fraction of sp³-hybridized carbons (Fsp3) is 0.651. The lowest BCUT2D eigenvalue weighted by Crippen LogP contribution is -2.30. The molecule has 0 aromatic rings. The molecular weight excluding hydrogens is 837 g/mol. The summed E-state index contributed by atoms with van der Waals surface area (Å²) in [7, 11) is 0. The summed E-state index contributed by atoms with van der Waals surface area (Å²) in [5.41, 5.74) is 0. The minimum Gasteiger partial charge on any atom is -0.462 e. The van der Waals surface area contributed by atoms with Gasteiger partial charge in [-0.3, -0.25) is 9.59 Å². The average Bonchev–Trinajstić information content (AvgIpc) is 3.34. The summed E-state index contributed by atoms with van der Waals surface area (Å²) in [6, 6.07) is 0. The first-order valence-corrected chi connectivity index (χ1v) is 28.1. The van der Waals surface area contributed by atoms with Crippen LogP contribution in [-0.4, -0.2) is 37.9 Å². The summed E-state index contributed by atoms with van der Waals surface area (Å²) in [4.78, 5) is 25.5. The molecule has 0 rings (SSSR count). The molecule has 0 aliphatic rings. The summed E-state index contributed by atoms with van der Waals surface area (Å²) < 4.78 is 17.4. The molecule has 0 amide bonds. The number of allylic oxidation sites excluding steroid dienone is 20. The van der Waals surface area contributed by atoms with Crippen molar-refractivity contribution in [2.75, 3.05) is 19.8 Å². The van der Waals surface area contributed by atoms with E-state index >= 15 is 0 Å². The van der Waals surface area contributed by atoms with E-state index in [0.717, 1.165) is 135 Å². The molecular formula is C63H104O5. The third-order valence-electron chi connectivity index (χ3n) is 11.5. The van der Waals surface area contributed by atoms with E-state index in [-0.39, 0.29) is 25.2 Å². The van der Waals surface area contributed by atoms with Crippen molar-refractivity contribution in [2.24, 2.45) is 0 Å². The molecule has 0 aliphatic heterocycles. The van der Waals surface area contributed by atoms with Gasteiger partial charge in [0.25, 0.3) is 0 Å². The highest BCUT2D eigenvalue weighted by atomic mass is 16.6. The number of esters is 2. The highest BCUT2D eigenvalue weighted by Gasteiger charge is 2.17. The van der Waals surface area contributed by atoms with Crippen LogP contribution in [0.25, 0.3) is 0 Å². The number of carbonyl (C=O) groups is 2. The number of carbonyl (C=O) groups excluding carboxylic acids is 2. The summed E-state index contributed by atoms with van der Waals surface area (Å²) >= 11 is 0. The van der Waals surface area contributed by atoms with Gasteiger partial charge in [0.1, 0.15) is 6.61 Å². The van der Waals surface area contributed by atoms with Crippen LogP contribution in [0.4, 0.5) is 0 Å². The molecule has 0 heterocycles. The van der Waals surface area contributed by atoms with Crippen LogP contribution in [0.3, 0.4) is 0 Å². The van der Waals surface area contributed by atoms with Crippen molar-refractivity contribution in [1.82, 2.24) is 0 Å². The van der Waals surface area contributed by atoms with Gasteiger partial charge in [0.15, 0.2) is 6.10 Å². The third kappa shape index (κ3) is 54.9. The standard InChI is InChI=1S/C63H104O5/c1-4-7-10-13-16-19-22-25-28-30-31-32-34-37-40-43-46-49-52-55-58-66-59-61(68-63(65)57-54-51-48-45-42-39-35-27-24-21-18-15-12-9-6-3)60-67-62(64)56-53-50-47-44-41-38-36-33-29-26-23-20-17-14-11-8-5-2/h7-8,10-11,16-21,25-29,31-32,35-36,38,61H,4-6,9,12-15,22-24,30,33-34,37,39-60H2,1-3H3/b10-7-,11-8-,19-16-,20-17-,21-18-,28-25-,29-26-,32-31-,35-27-,38-36-. The molecule has 0 bridgehead atoms. The molecule has 0 aliphatic carbocycles. The van der Waals surface area contributed by atoms with Crippen molar-refractivity contribution < 1.29 is 23.8 Å². The van der Waals surface area contributed by atoms with E-state index < -0.39 is 6.10 Å². The number of rotatable bonds is 50. The first-order chi connectivity index (χ1) is 33.6. The average molecular weight is 942 g/mol. The Bertz CT molecular complexity index is 1390. The summed E-state index contributed by atoms with van der Waals surface area (Å²) in [6.07, 6.45) is 80.7. The van der Waals surface area contributed by atoms with Gasteiger partial charge in [-0.25, -0.2) is 0 Å². The van der Waals surface area contributed by atoms with Crippen molar-refractivity contribution in [1.29, 1.82) is 0 Å². The zero-order valence-electron chi connectivity index (χ0n) is 44.3. The lowest BCUT2D eigenvalue weighted by molar-refractivity contribution is -0.163. The van der Waals surface area contributed by atoms with E-state index in [9.17, 15) is 9.59 Å². The molecule has 68 heavy (non-hydrogen) atoms. The second kappa shape index (κ2) is 57.6. The van der Waals surface area contributed by atoms with Gasteiger partial charge in [0.2, 0.25) is 0 Å². The van der Waals surface area contributed by atoms with E-state index in [1.54, 1.807) is 0 Å². The Labute approximate surface area is 420 Å². The number of hydrogen-bond donors (Lipinski definition) is 0. The second-order valence-electron chi connectivity index (χ2n) is 18.1. The zero-order chi connectivity index (χ0) is 49.2. The molecule has 386 valence electrons. The lowest BCUT2D eigenvalue weighted by atomic mass is 10.1. The van der Waals surface area contributed by atoms with Crippen molar-refractivity contribution >= 4 is 11.9 Å². The Hall–Kier alpha value is -3.70. The molecule has 0 N–H and O–H groups in total. The first kappa shape index (κ1) is 64.3. The van der Waals surface area contributed by atoms with Gasteiger partial charge in [0, 0.05) is 19.4 Å². The van der Waals surface area contributed by atoms with Gasteiger partial charge < -0.3 is 14.2 Å². The van der Waals surface area contributed by atoms with Gasteiger partial charge in [-0.15, -0.1) is 0 Å². The van der Waals surface area contributed by atoms with Crippen LogP contribution in [0.15, 0.2) is 122 Å². The normalized spacial score (nSPS) is 13.2. The van der Waals surface area contributed by atoms with E-state index in [2.05, 4.69) is 142 Å². The van der Waals surface area contributed by atoms with Crippen molar-refractivity contribution in [3.63, 3.8) is 0 Å². The summed E-state index contributed by atoms with van der Waals surface area (Å²) in [5, 5.41) is 0. The van der Waals surface area contributed by atoms with Crippen LogP contribution in [0.1, 0.15) is 239 Å². The molecule has 0 aromatic carbocycles. The summed E-state index contributed by atoms with van der Waals surface area (Å²) in [5.74, 6) is -0.451. The van der Waals surface area contributed by atoms with E-state index in [4.69, 9.17) is 14.2 Å².